The highest BCUT2D eigenvalue weighted by Crippen LogP contribution is 2.11. The first kappa shape index (κ1) is 13.7. The number of rotatable bonds is 6. The second-order valence-electron chi connectivity index (χ2n) is 4.39. The number of carbonyl (C=O) groups excluding carboxylic acids is 1. The molecular formula is C14H21NO2. The average molecular weight is 235 g/mol. The lowest BCUT2D eigenvalue weighted by atomic mass is 10.0. The van der Waals surface area contributed by atoms with Gasteiger partial charge in [0, 0.05) is 13.2 Å². The molecule has 0 aliphatic heterocycles. The zero-order valence-electron chi connectivity index (χ0n) is 10.6. The van der Waals surface area contributed by atoms with Gasteiger partial charge in [0.25, 0.3) is 0 Å². The van der Waals surface area contributed by atoms with Crippen LogP contribution in [0, 0.1) is 13.8 Å². The third-order valence-electron chi connectivity index (χ3n) is 2.76. The molecule has 0 saturated heterocycles. The lowest BCUT2D eigenvalue weighted by molar-refractivity contribution is -0.120. The van der Waals surface area contributed by atoms with Gasteiger partial charge in [0.05, 0.1) is 6.42 Å². The van der Waals surface area contributed by atoms with Gasteiger partial charge in [-0.15, -0.1) is 0 Å². The van der Waals surface area contributed by atoms with Crippen LogP contribution in [0.25, 0.3) is 0 Å². The minimum absolute atomic E-state index is 0.0524. The number of benzene rings is 1. The van der Waals surface area contributed by atoms with Crippen LogP contribution in [0.5, 0.6) is 0 Å². The lowest BCUT2D eigenvalue weighted by Crippen LogP contribution is -2.26. The molecule has 3 nitrogen and oxygen atoms in total. The maximum Gasteiger partial charge on any atom is 0.224 e. The van der Waals surface area contributed by atoms with Gasteiger partial charge in [-0.25, -0.2) is 0 Å². The molecule has 0 unspecified atom stereocenters. The summed E-state index contributed by atoms with van der Waals surface area (Å²) in [6, 6.07) is 6.16. The van der Waals surface area contributed by atoms with E-state index in [-0.39, 0.29) is 12.5 Å². The van der Waals surface area contributed by atoms with Gasteiger partial charge in [0.15, 0.2) is 0 Å². The molecule has 2 N–H and O–H groups in total. The highest BCUT2D eigenvalue weighted by atomic mass is 16.2. The van der Waals surface area contributed by atoms with E-state index in [2.05, 4.69) is 17.4 Å². The van der Waals surface area contributed by atoms with Gasteiger partial charge in [-0.1, -0.05) is 23.8 Å². The Balaban J connectivity index is 2.42. The van der Waals surface area contributed by atoms with Gasteiger partial charge in [0.1, 0.15) is 0 Å². The van der Waals surface area contributed by atoms with Crippen molar-refractivity contribution in [3.8, 4) is 0 Å². The van der Waals surface area contributed by atoms with E-state index >= 15 is 0 Å². The number of aliphatic hydroxyl groups excluding tert-OH is 1. The summed E-state index contributed by atoms with van der Waals surface area (Å²) >= 11 is 0. The van der Waals surface area contributed by atoms with Crippen molar-refractivity contribution < 1.29 is 9.90 Å². The van der Waals surface area contributed by atoms with Gasteiger partial charge < -0.3 is 10.4 Å². The first-order valence-electron chi connectivity index (χ1n) is 6.07. The second-order valence-corrected chi connectivity index (χ2v) is 4.39. The largest absolute Gasteiger partial charge is 0.396 e. The number of hydrogen-bond acceptors (Lipinski definition) is 2. The molecule has 0 spiro atoms. The Morgan fingerprint density at radius 1 is 1.29 bits per heavy atom. The van der Waals surface area contributed by atoms with Crippen molar-refractivity contribution >= 4 is 5.91 Å². The Hall–Kier alpha value is -1.35. The van der Waals surface area contributed by atoms with E-state index in [9.17, 15) is 4.79 Å². The van der Waals surface area contributed by atoms with Crippen LogP contribution in [-0.4, -0.2) is 24.2 Å². The van der Waals surface area contributed by atoms with Crippen LogP contribution in [0.1, 0.15) is 29.5 Å². The molecule has 3 heteroatoms. The predicted octanol–water partition coefficient (Wildman–Crippen LogP) is 1.73. The number of hydrogen-bond donors (Lipinski definition) is 2. The number of amides is 1. The van der Waals surface area contributed by atoms with Crippen molar-refractivity contribution in [2.24, 2.45) is 0 Å². The molecule has 0 heterocycles. The first-order valence-corrected chi connectivity index (χ1v) is 6.07. The van der Waals surface area contributed by atoms with Crippen LogP contribution in [0.3, 0.4) is 0 Å². The van der Waals surface area contributed by atoms with Crippen molar-refractivity contribution in [2.75, 3.05) is 13.2 Å². The third kappa shape index (κ3) is 5.00. The molecule has 0 bridgehead atoms. The van der Waals surface area contributed by atoms with Crippen molar-refractivity contribution in [1.82, 2.24) is 5.32 Å². The van der Waals surface area contributed by atoms with Gasteiger partial charge in [-0.05, 0) is 37.8 Å². The fourth-order valence-electron chi connectivity index (χ4n) is 1.69. The summed E-state index contributed by atoms with van der Waals surface area (Å²) < 4.78 is 0. The summed E-state index contributed by atoms with van der Waals surface area (Å²) in [5, 5.41) is 11.5. The third-order valence-corrected chi connectivity index (χ3v) is 2.76. The predicted molar refractivity (Wildman–Crippen MR) is 68.9 cm³/mol. The van der Waals surface area contributed by atoms with E-state index < -0.39 is 0 Å². The highest BCUT2D eigenvalue weighted by Gasteiger charge is 2.05. The lowest BCUT2D eigenvalue weighted by Gasteiger charge is -2.08. The summed E-state index contributed by atoms with van der Waals surface area (Å²) in [5.41, 5.74) is 3.42. The van der Waals surface area contributed by atoms with Crippen LogP contribution in [0.4, 0.5) is 0 Å². The number of aryl methyl sites for hydroxylation is 2. The van der Waals surface area contributed by atoms with Gasteiger partial charge in [-0.3, -0.25) is 4.79 Å². The average Bonchev–Trinajstić information content (AvgIpc) is 2.29. The Morgan fingerprint density at radius 3 is 2.76 bits per heavy atom. The first-order chi connectivity index (χ1) is 8.13. The van der Waals surface area contributed by atoms with Gasteiger partial charge in [-0.2, -0.15) is 0 Å². The smallest absolute Gasteiger partial charge is 0.224 e. The number of nitrogens with one attached hydrogen (secondary N) is 1. The van der Waals surface area contributed by atoms with Crippen molar-refractivity contribution in [2.45, 2.75) is 33.1 Å². The number of carbonyl (C=O) groups is 1. The van der Waals surface area contributed by atoms with E-state index in [1.54, 1.807) is 0 Å². The standard InChI is InChI=1S/C14H21NO2/c1-11-5-6-12(2)13(9-11)10-14(17)15-7-3-4-8-16/h5-6,9,16H,3-4,7-8,10H2,1-2H3,(H,15,17). The Bertz CT molecular complexity index is 374. The molecule has 1 aromatic carbocycles. The second kappa shape index (κ2) is 7.07. The molecule has 0 aromatic heterocycles. The SMILES string of the molecule is Cc1ccc(C)c(CC(=O)NCCCCO)c1. The molecule has 1 rings (SSSR count). The fraction of sp³-hybridized carbons (Fsp3) is 0.500. The van der Waals surface area contributed by atoms with Crippen LogP contribution in [-0.2, 0) is 11.2 Å². The molecule has 17 heavy (non-hydrogen) atoms. The van der Waals surface area contributed by atoms with E-state index in [1.165, 1.54) is 5.56 Å². The van der Waals surface area contributed by atoms with E-state index in [4.69, 9.17) is 5.11 Å². The van der Waals surface area contributed by atoms with Crippen LogP contribution < -0.4 is 5.32 Å². The minimum atomic E-state index is 0.0524. The maximum atomic E-state index is 11.7. The molecule has 1 amide bonds. The summed E-state index contributed by atoms with van der Waals surface area (Å²) in [7, 11) is 0. The van der Waals surface area contributed by atoms with Crippen molar-refractivity contribution in [3.05, 3.63) is 34.9 Å². The van der Waals surface area contributed by atoms with E-state index in [0.717, 1.165) is 24.0 Å². The topological polar surface area (TPSA) is 49.3 Å². The molecule has 1 aromatic rings. The molecule has 0 radical (unpaired) electrons. The van der Waals surface area contributed by atoms with Gasteiger partial charge >= 0.3 is 0 Å². The molecule has 0 aliphatic carbocycles. The molecule has 0 fully saturated rings. The molecular weight excluding hydrogens is 214 g/mol. The quantitative estimate of drug-likeness (QED) is 0.738. The molecule has 0 atom stereocenters. The number of unbranched alkanes of at least 4 members (excludes halogenated alkanes) is 1. The van der Waals surface area contributed by atoms with E-state index in [0.29, 0.717) is 13.0 Å². The summed E-state index contributed by atoms with van der Waals surface area (Å²) in [6.07, 6.45) is 2.01. The number of aliphatic hydroxyl groups is 1. The van der Waals surface area contributed by atoms with Crippen molar-refractivity contribution in [1.29, 1.82) is 0 Å². The van der Waals surface area contributed by atoms with Crippen LogP contribution >= 0.6 is 0 Å². The Labute approximate surface area is 103 Å². The summed E-state index contributed by atoms with van der Waals surface area (Å²) in [5.74, 6) is 0.0524. The van der Waals surface area contributed by atoms with Gasteiger partial charge in [0.2, 0.25) is 5.91 Å². The monoisotopic (exact) mass is 235 g/mol. The summed E-state index contributed by atoms with van der Waals surface area (Å²) in [6.45, 7) is 4.88. The van der Waals surface area contributed by atoms with Crippen LogP contribution in [0.15, 0.2) is 18.2 Å². The Morgan fingerprint density at radius 2 is 2.06 bits per heavy atom. The molecule has 0 aliphatic rings. The van der Waals surface area contributed by atoms with Crippen LogP contribution in [0.2, 0.25) is 0 Å². The van der Waals surface area contributed by atoms with E-state index in [1.807, 2.05) is 19.9 Å². The zero-order chi connectivity index (χ0) is 12.7. The summed E-state index contributed by atoms with van der Waals surface area (Å²) in [4.78, 5) is 11.7. The fourth-order valence-corrected chi connectivity index (χ4v) is 1.69. The Kier molecular flexibility index (Phi) is 5.70. The van der Waals surface area contributed by atoms with Crippen molar-refractivity contribution in [3.63, 3.8) is 0 Å². The molecule has 94 valence electrons. The minimum Gasteiger partial charge on any atom is -0.396 e. The normalized spacial score (nSPS) is 10.3. The molecule has 0 saturated carbocycles. The zero-order valence-corrected chi connectivity index (χ0v) is 10.6. The highest BCUT2D eigenvalue weighted by molar-refractivity contribution is 5.78. The maximum absolute atomic E-state index is 11.7.